The van der Waals surface area contributed by atoms with E-state index < -0.39 is 5.97 Å². The molecule has 0 N–H and O–H groups in total. The zero-order valence-corrected chi connectivity index (χ0v) is 16.0. The second kappa shape index (κ2) is 7.64. The number of Topliss-reactive ketones (excluding diaryl/α,β-unsaturated/α-hetero) is 1. The summed E-state index contributed by atoms with van der Waals surface area (Å²) < 4.78 is 16.3. The van der Waals surface area contributed by atoms with Gasteiger partial charge in [-0.1, -0.05) is 29.8 Å². The third-order valence-electron chi connectivity index (χ3n) is 4.52. The summed E-state index contributed by atoms with van der Waals surface area (Å²) in [6, 6.07) is 19.2. The third-order valence-corrected chi connectivity index (χ3v) is 4.52. The Bertz CT molecular complexity index is 1130. The van der Waals surface area contributed by atoms with Gasteiger partial charge in [-0.25, -0.2) is 4.79 Å². The molecule has 1 aliphatic rings. The molecule has 0 aliphatic carbocycles. The number of rotatable bonds is 4. The van der Waals surface area contributed by atoms with E-state index in [9.17, 15) is 9.59 Å². The molecule has 3 aromatic rings. The molecule has 0 amide bonds. The second-order valence-electron chi connectivity index (χ2n) is 6.63. The number of methoxy groups -OCH3 is 1. The van der Waals surface area contributed by atoms with Crippen LogP contribution in [0.25, 0.3) is 6.08 Å². The van der Waals surface area contributed by atoms with Crippen LogP contribution in [-0.4, -0.2) is 18.9 Å². The first-order valence-electron chi connectivity index (χ1n) is 9.05. The van der Waals surface area contributed by atoms with E-state index in [4.69, 9.17) is 14.2 Å². The summed E-state index contributed by atoms with van der Waals surface area (Å²) in [5.74, 6) is 0.943. The van der Waals surface area contributed by atoms with Crippen molar-refractivity contribution >= 4 is 17.8 Å². The van der Waals surface area contributed by atoms with E-state index in [1.165, 1.54) is 0 Å². The number of benzene rings is 3. The van der Waals surface area contributed by atoms with Crippen molar-refractivity contribution in [3.8, 4) is 17.2 Å². The molecule has 0 spiro atoms. The third kappa shape index (κ3) is 3.89. The van der Waals surface area contributed by atoms with E-state index in [-0.39, 0.29) is 11.5 Å². The summed E-state index contributed by atoms with van der Waals surface area (Å²) in [6.45, 7) is 1.91. The average molecular weight is 386 g/mol. The maximum atomic E-state index is 12.6. The quantitative estimate of drug-likeness (QED) is 0.365. The number of ether oxygens (including phenoxy) is 3. The van der Waals surface area contributed by atoms with Gasteiger partial charge in [-0.3, -0.25) is 4.79 Å². The summed E-state index contributed by atoms with van der Waals surface area (Å²) >= 11 is 0. The van der Waals surface area contributed by atoms with Gasteiger partial charge in [0.2, 0.25) is 5.78 Å². The Morgan fingerprint density at radius 3 is 2.45 bits per heavy atom. The molecule has 29 heavy (non-hydrogen) atoms. The Kier molecular flexibility index (Phi) is 4.87. The van der Waals surface area contributed by atoms with Gasteiger partial charge in [0.05, 0.1) is 18.2 Å². The van der Waals surface area contributed by atoms with Gasteiger partial charge >= 0.3 is 5.97 Å². The molecule has 5 heteroatoms. The van der Waals surface area contributed by atoms with Crippen molar-refractivity contribution in [2.75, 3.05) is 7.11 Å². The molecule has 3 aromatic carbocycles. The number of carbonyl (C=O) groups is 2. The predicted molar refractivity (Wildman–Crippen MR) is 109 cm³/mol. The standard InChI is InChI=1S/C24H18O5/c1-15-4-3-5-17(12-15)24(26)28-19-10-11-20-21(14-19)29-22(23(20)25)13-16-6-8-18(27-2)9-7-16/h3-14H,1-2H3/b22-13-. The predicted octanol–water partition coefficient (Wildman–Crippen LogP) is 4.84. The monoisotopic (exact) mass is 386 g/mol. The molecule has 0 radical (unpaired) electrons. The highest BCUT2D eigenvalue weighted by atomic mass is 16.5. The zero-order chi connectivity index (χ0) is 20.4. The van der Waals surface area contributed by atoms with E-state index in [0.717, 1.165) is 16.9 Å². The van der Waals surface area contributed by atoms with Crippen molar-refractivity contribution in [3.63, 3.8) is 0 Å². The normalized spacial score (nSPS) is 13.7. The number of fused-ring (bicyclic) bond motifs is 1. The second-order valence-corrected chi connectivity index (χ2v) is 6.63. The molecule has 5 nitrogen and oxygen atoms in total. The summed E-state index contributed by atoms with van der Waals surface area (Å²) in [5, 5.41) is 0. The lowest BCUT2D eigenvalue weighted by Gasteiger charge is -2.06. The van der Waals surface area contributed by atoms with Crippen LogP contribution in [0, 0.1) is 6.92 Å². The number of carbonyl (C=O) groups excluding carboxylic acids is 2. The minimum atomic E-state index is -0.466. The van der Waals surface area contributed by atoms with E-state index in [1.54, 1.807) is 49.6 Å². The maximum Gasteiger partial charge on any atom is 0.343 e. The SMILES string of the molecule is COc1ccc(/C=C2\Oc3cc(OC(=O)c4cccc(C)c4)ccc3C2=O)cc1. The van der Waals surface area contributed by atoms with Crippen LogP contribution in [0.4, 0.5) is 0 Å². The summed E-state index contributed by atoms with van der Waals surface area (Å²) in [4.78, 5) is 24.9. The van der Waals surface area contributed by atoms with Crippen LogP contribution in [0.3, 0.4) is 0 Å². The van der Waals surface area contributed by atoms with Crippen LogP contribution in [0.15, 0.2) is 72.5 Å². The molecular weight excluding hydrogens is 368 g/mol. The summed E-state index contributed by atoms with van der Waals surface area (Å²) in [6.07, 6.45) is 1.67. The summed E-state index contributed by atoms with van der Waals surface area (Å²) in [5.41, 5.74) is 2.67. The van der Waals surface area contributed by atoms with E-state index in [2.05, 4.69) is 0 Å². The highest BCUT2D eigenvalue weighted by molar-refractivity contribution is 6.14. The molecule has 4 rings (SSSR count). The van der Waals surface area contributed by atoms with Crippen molar-refractivity contribution in [1.82, 2.24) is 0 Å². The fraction of sp³-hybridized carbons (Fsp3) is 0.0833. The molecule has 0 saturated carbocycles. The summed E-state index contributed by atoms with van der Waals surface area (Å²) in [7, 11) is 1.59. The first-order valence-corrected chi connectivity index (χ1v) is 9.05. The van der Waals surface area contributed by atoms with Gasteiger partial charge in [0.1, 0.15) is 17.2 Å². The Morgan fingerprint density at radius 1 is 0.966 bits per heavy atom. The van der Waals surface area contributed by atoms with Gasteiger partial charge in [0.25, 0.3) is 0 Å². The molecule has 0 bridgehead atoms. The van der Waals surface area contributed by atoms with Gasteiger partial charge in [-0.05, 0) is 55.0 Å². The Labute approximate surface area is 168 Å². The zero-order valence-electron chi connectivity index (χ0n) is 16.0. The average Bonchev–Trinajstić information content (AvgIpc) is 3.03. The van der Waals surface area contributed by atoms with Gasteiger partial charge in [0, 0.05) is 6.07 Å². The van der Waals surface area contributed by atoms with Crippen LogP contribution < -0.4 is 14.2 Å². The number of ketones is 1. The topological polar surface area (TPSA) is 61.8 Å². The molecule has 0 aromatic heterocycles. The fourth-order valence-corrected chi connectivity index (χ4v) is 3.02. The molecule has 1 aliphatic heterocycles. The molecule has 0 unspecified atom stereocenters. The van der Waals surface area contributed by atoms with E-state index in [0.29, 0.717) is 22.6 Å². The van der Waals surface area contributed by atoms with Gasteiger partial charge in [0.15, 0.2) is 5.76 Å². The van der Waals surface area contributed by atoms with Crippen molar-refractivity contribution < 1.29 is 23.8 Å². The van der Waals surface area contributed by atoms with E-state index >= 15 is 0 Å². The van der Waals surface area contributed by atoms with Crippen molar-refractivity contribution in [3.05, 3.63) is 94.7 Å². The molecule has 144 valence electrons. The highest BCUT2D eigenvalue weighted by Gasteiger charge is 2.28. The number of hydrogen-bond donors (Lipinski definition) is 0. The van der Waals surface area contributed by atoms with Crippen LogP contribution in [0.2, 0.25) is 0 Å². The number of aryl methyl sites for hydroxylation is 1. The smallest absolute Gasteiger partial charge is 0.343 e. The fourth-order valence-electron chi connectivity index (χ4n) is 3.02. The van der Waals surface area contributed by atoms with Gasteiger partial charge in [-0.2, -0.15) is 0 Å². The number of allylic oxidation sites excluding steroid dienone is 1. The molecule has 0 saturated heterocycles. The van der Waals surface area contributed by atoms with Crippen molar-refractivity contribution in [2.45, 2.75) is 6.92 Å². The lowest BCUT2D eigenvalue weighted by molar-refractivity contribution is 0.0734. The lowest BCUT2D eigenvalue weighted by atomic mass is 10.1. The van der Waals surface area contributed by atoms with Crippen molar-refractivity contribution in [1.29, 1.82) is 0 Å². The molecule has 0 atom stereocenters. The van der Waals surface area contributed by atoms with Gasteiger partial charge in [-0.15, -0.1) is 0 Å². The Morgan fingerprint density at radius 2 is 1.72 bits per heavy atom. The molecular formula is C24H18O5. The highest BCUT2D eigenvalue weighted by Crippen LogP contribution is 2.35. The molecule has 1 heterocycles. The number of hydrogen-bond acceptors (Lipinski definition) is 5. The minimum Gasteiger partial charge on any atom is -0.497 e. The molecule has 0 fully saturated rings. The lowest BCUT2D eigenvalue weighted by Crippen LogP contribution is -2.08. The maximum absolute atomic E-state index is 12.6. The number of esters is 1. The van der Waals surface area contributed by atoms with Crippen LogP contribution in [0.1, 0.15) is 31.8 Å². The van der Waals surface area contributed by atoms with Gasteiger partial charge < -0.3 is 14.2 Å². The first kappa shape index (κ1) is 18.5. The Hall–Kier alpha value is -3.86. The van der Waals surface area contributed by atoms with Crippen molar-refractivity contribution in [2.24, 2.45) is 0 Å². The van der Waals surface area contributed by atoms with Crippen LogP contribution in [-0.2, 0) is 0 Å². The minimum absolute atomic E-state index is 0.215. The first-order chi connectivity index (χ1) is 14.0. The Balaban J connectivity index is 1.53. The van der Waals surface area contributed by atoms with E-state index in [1.807, 2.05) is 37.3 Å². The van der Waals surface area contributed by atoms with Crippen LogP contribution >= 0.6 is 0 Å². The van der Waals surface area contributed by atoms with Crippen LogP contribution in [0.5, 0.6) is 17.2 Å². The largest absolute Gasteiger partial charge is 0.497 e.